The Labute approximate surface area is 206 Å². The molecule has 1 aliphatic heterocycles. The van der Waals surface area contributed by atoms with Gasteiger partial charge < -0.3 is 14.6 Å². The largest absolute Gasteiger partial charge is 0.497 e. The number of rotatable bonds is 5. The summed E-state index contributed by atoms with van der Waals surface area (Å²) in [5.74, 6) is -0.474. The number of methoxy groups -OCH3 is 1. The van der Waals surface area contributed by atoms with Crippen LogP contribution in [0.15, 0.2) is 77.0 Å². The van der Waals surface area contributed by atoms with Gasteiger partial charge in [-0.3, -0.25) is 4.90 Å². The SMILES string of the molecule is COc1cccc(-c2noc(C3=C(C)N(c4cc(F)cc(F)c4)C(=O)NC3c3ccc(C)cc3)n2)c1. The summed E-state index contributed by atoms with van der Waals surface area (Å²) in [7, 11) is 1.57. The van der Waals surface area contributed by atoms with Crippen molar-refractivity contribution < 1.29 is 22.8 Å². The van der Waals surface area contributed by atoms with E-state index >= 15 is 0 Å². The number of anilines is 1. The number of allylic oxidation sites excluding steroid dienone is 1. The van der Waals surface area contributed by atoms with Gasteiger partial charge in [0.05, 0.1) is 24.4 Å². The fourth-order valence-corrected chi connectivity index (χ4v) is 4.22. The molecule has 4 aromatic rings. The molecule has 1 unspecified atom stereocenters. The molecule has 5 rings (SSSR count). The number of hydrogen-bond donors (Lipinski definition) is 1. The molecule has 0 saturated heterocycles. The third kappa shape index (κ3) is 4.31. The minimum Gasteiger partial charge on any atom is -0.497 e. The molecule has 1 aromatic heterocycles. The fourth-order valence-electron chi connectivity index (χ4n) is 4.22. The molecule has 1 aliphatic rings. The quantitative estimate of drug-likeness (QED) is 0.371. The molecule has 0 spiro atoms. The first-order valence-electron chi connectivity index (χ1n) is 11.2. The Morgan fingerprint density at radius 1 is 1.00 bits per heavy atom. The number of carbonyl (C=O) groups excluding carboxylic acids is 1. The van der Waals surface area contributed by atoms with E-state index in [4.69, 9.17) is 9.26 Å². The van der Waals surface area contributed by atoms with Gasteiger partial charge in [0.25, 0.3) is 5.89 Å². The number of urea groups is 1. The standard InChI is InChI=1S/C27H22F2N4O3/c1-15-7-9-17(10-8-15)24-23(26-31-25(32-36-26)18-5-4-6-22(11-18)35-3)16(2)33(27(34)30-24)21-13-19(28)12-20(29)14-21/h4-14,24H,1-3H3,(H,30,34). The van der Waals surface area contributed by atoms with Crippen molar-refractivity contribution in [1.82, 2.24) is 15.5 Å². The number of carbonyl (C=O) groups is 1. The first-order chi connectivity index (χ1) is 17.3. The van der Waals surface area contributed by atoms with Crippen LogP contribution in [0.4, 0.5) is 19.3 Å². The molecule has 0 bridgehead atoms. The molecule has 0 saturated carbocycles. The molecule has 1 N–H and O–H groups in total. The van der Waals surface area contributed by atoms with Crippen LogP contribution < -0.4 is 15.0 Å². The third-order valence-electron chi connectivity index (χ3n) is 5.99. The van der Waals surface area contributed by atoms with Crippen LogP contribution >= 0.6 is 0 Å². The summed E-state index contributed by atoms with van der Waals surface area (Å²) >= 11 is 0. The van der Waals surface area contributed by atoms with E-state index in [-0.39, 0.29) is 11.6 Å². The van der Waals surface area contributed by atoms with Gasteiger partial charge in [0.1, 0.15) is 17.4 Å². The Hall–Kier alpha value is -4.53. The Morgan fingerprint density at radius 3 is 2.42 bits per heavy atom. The number of aryl methyl sites for hydroxylation is 1. The van der Waals surface area contributed by atoms with Gasteiger partial charge in [-0.15, -0.1) is 0 Å². The van der Waals surface area contributed by atoms with Crippen molar-refractivity contribution in [3.63, 3.8) is 0 Å². The molecule has 3 aromatic carbocycles. The summed E-state index contributed by atoms with van der Waals surface area (Å²) in [6, 6.07) is 16.6. The zero-order valence-corrected chi connectivity index (χ0v) is 19.8. The van der Waals surface area contributed by atoms with Crippen molar-refractivity contribution in [3.8, 4) is 17.1 Å². The zero-order chi connectivity index (χ0) is 25.4. The lowest BCUT2D eigenvalue weighted by atomic mass is 9.94. The summed E-state index contributed by atoms with van der Waals surface area (Å²) in [6.45, 7) is 3.64. The van der Waals surface area contributed by atoms with Crippen molar-refractivity contribution in [2.24, 2.45) is 0 Å². The number of amides is 2. The van der Waals surface area contributed by atoms with Crippen LogP contribution in [0.1, 0.15) is 30.0 Å². The number of nitrogens with one attached hydrogen (secondary N) is 1. The summed E-state index contributed by atoms with van der Waals surface area (Å²) in [4.78, 5) is 19.0. The zero-order valence-electron chi connectivity index (χ0n) is 19.8. The van der Waals surface area contributed by atoms with E-state index in [1.165, 1.54) is 4.90 Å². The Kier molecular flexibility index (Phi) is 5.97. The molecule has 0 radical (unpaired) electrons. The minimum atomic E-state index is -0.800. The first-order valence-corrected chi connectivity index (χ1v) is 11.2. The minimum absolute atomic E-state index is 0.0369. The number of benzene rings is 3. The Morgan fingerprint density at radius 2 is 1.72 bits per heavy atom. The highest BCUT2D eigenvalue weighted by atomic mass is 19.1. The summed E-state index contributed by atoms with van der Waals surface area (Å²) in [6.07, 6.45) is 0. The van der Waals surface area contributed by atoms with Gasteiger partial charge in [-0.25, -0.2) is 13.6 Å². The molecule has 36 heavy (non-hydrogen) atoms. The van der Waals surface area contributed by atoms with E-state index in [0.29, 0.717) is 28.4 Å². The second kappa shape index (κ2) is 9.26. The monoisotopic (exact) mass is 488 g/mol. The maximum atomic E-state index is 14.0. The molecule has 2 heterocycles. The van der Waals surface area contributed by atoms with Crippen LogP contribution in [0.3, 0.4) is 0 Å². The van der Waals surface area contributed by atoms with Crippen LogP contribution in [0.5, 0.6) is 5.75 Å². The van der Waals surface area contributed by atoms with Crippen LogP contribution in [-0.4, -0.2) is 23.3 Å². The normalized spacial score (nSPS) is 15.8. The van der Waals surface area contributed by atoms with Crippen LogP contribution in [0.25, 0.3) is 17.0 Å². The van der Waals surface area contributed by atoms with Gasteiger partial charge in [0.2, 0.25) is 5.82 Å². The predicted molar refractivity (Wildman–Crippen MR) is 130 cm³/mol. The number of aromatic nitrogens is 2. The van der Waals surface area contributed by atoms with Crippen molar-refractivity contribution in [1.29, 1.82) is 0 Å². The molecule has 9 heteroatoms. The molecular weight excluding hydrogens is 466 g/mol. The maximum Gasteiger partial charge on any atom is 0.327 e. The predicted octanol–water partition coefficient (Wildman–Crippen LogP) is 6.03. The van der Waals surface area contributed by atoms with E-state index < -0.39 is 23.7 Å². The summed E-state index contributed by atoms with van der Waals surface area (Å²) in [5.41, 5.74) is 3.46. The molecule has 1 atom stereocenters. The molecule has 182 valence electrons. The highest BCUT2D eigenvalue weighted by Crippen LogP contribution is 2.39. The van der Waals surface area contributed by atoms with Crippen LogP contribution in [0, 0.1) is 18.6 Å². The number of nitrogens with zero attached hydrogens (tertiary/aromatic N) is 3. The lowest BCUT2D eigenvalue weighted by molar-refractivity contribution is 0.244. The lowest BCUT2D eigenvalue weighted by Gasteiger charge is -2.35. The highest BCUT2D eigenvalue weighted by molar-refractivity contribution is 6.01. The molecule has 0 fully saturated rings. The van der Waals surface area contributed by atoms with E-state index in [1.54, 1.807) is 26.2 Å². The van der Waals surface area contributed by atoms with Gasteiger partial charge in [-0.05, 0) is 43.7 Å². The van der Waals surface area contributed by atoms with Crippen molar-refractivity contribution in [3.05, 3.63) is 101 Å². The number of ether oxygens (including phenoxy) is 1. The second-order valence-corrected chi connectivity index (χ2v) is 8.41. The van der Waals surface area contributed by atoms with Gasteiger partial charge in [0, 0.05) is 17.3 Å². The van der Waals surface area contributed by atoms with Crippen molar-refractivity contribution in [2.45, 2.75) is 19.9 Å². The number of halogens is 2. The molecule has 7 nitrogen and oxygen atoms in total. The molecular formula is C27H22F2N4O3. The smallest absolute Gasteiger partial charge is 0.327 e. The van der Waals surface area contributed by atoms with E-state index in [1.807, 2.05) is 43.3 Å². The van der Waals surface area contributed by atoms with Crippen LogP contribution in [-0.2, 0) is 0 Å². The first kappa shape index (κ1) is 23.2. The average Bonchev–Trinajstić information content (AvgIpc) is 3.33. The topological polar surface area (TPSA) is 80.5 Å². The summed E-state index contributed by atoms with van der Waals surface area (Å²) in [5, 5.41) is 7.05. The third-order valence-corrected chi connectivity index (χ3v) is 5.99. The second-order valence-electron chi connectivity index (χ2n) is 8.41. The van der Waals surface area contributed by atoms with E-state index in [9.17, 15) is 13.6 Å². The van der Waals surface area contributed by atoms with E-state index in [2.05, 4.69) is 15.5 Å². The highest BCUT2D eigenvalue weighted by Gasteiger charge is 2.36. The van der Waals surface area contributed by atoms with Gasteiger partial charge in [-0.1, -0.05) is 47.1 Å². The van der Waals surface area contributed by atoms with Gasteiger partial charge >= 0.3 is 6.03 Å². The van der Waals surface area contributed by atoms with Gasteiger partial charge in [0.15, 0.2) is 0 Å². The van der Waals surface area contributed by atoms with Crippen molar-refractivity contribution >= 4 is 17.3 Å². The van der Waals surface area contributed by atoms with Gasteiger partial charge in [-0.2, -0.15) is 4.98 Å². The Bertz CT molecular complexity index is 1460. The maximum absolute atomic E-state index is 14.0. The van der Waals surface area contributed by atoms with E-state index in [0.717, 1.165) is 29.3 Å². The average molecular weight is 488 g/mol. The molecule has 2 amide bonds. The lowest BCUT2D eigenvalue weighted by Crippen LogP contribution is -2.46. The number of hydrogen-bond acceptors (Lipinski definition) is 5. The molecule has 0 aliphatic carbocycles. The van der Waals surface area contributed by atoms with Crippen LogP contribution in [0.2, 0.25) is 0 Å². The Balaban J connectivity index is 1.66. The van der Waals surface area contributed by atoms with Crippen molar-refractivity contribution in [2.75, 3.05) is 12.0 Å². The summed E-state index contributed by atoms with van der Waals surface area (Å²) < 4.78 is 39.0. The fraction of sp³-hybridized carbons (Fsp3) is 0.148.